The minimum absolute atomic E-state index is 0.0626. The summed E-state index contributed by atoms with van der Waals surface area (Å²) in [5.41, 5.74) is 1.71. The molecular weight excluding hydrogens is 494 g/mol. The number of rotatable bonds is 5. The van der Waals surface area contributed by atoms with Crippen molar-refractivity contribution in [2.24, 2.45) is 5.41 Å². The SMILES string of the molecule is COc1ccc(C2OCC(C)(C)CO2)cc1C1(N2CCCC2c2ncco2)C(=O)Nc2ccc(Cl)cc21. The number of nitrogens with one attached hydrogen (secondary N) is 1. The van der Waals surface area contributed by atoms with Gasteiger partial charge in [0.1, 0.15) is 12.0 Å². The predicted molar refractivity (Wildman–Crippen MR) is 137 cm³/mol. The van der Waals surface area contributed by atoms with Crippen LogP contribution >= 0.6 is 11.6 Å². The van der Waals surface area contributed by atoms with Crippen molar-refractivity contribution < 1.29 is 23.4 Å². The standard InChI is InChI=1S/C28H30ClN3O5/c1-27(2)15-36-25(37-16-27)17-6-9-23(34-3)20(13-17)28(19-14-18(29)7-8-21(19)31-26(28)33)32-11-4-5-22(32)24-30-10-12-35-24/h6-10,12-14,22,25H,4-5,11,15-16H2,1-3H3,(H,31,33). The van der Waals surface area contributed by atoms with Gasteiger partial charge in [-0.05, 0) is 43.2 Å². The van der Waals surface area contributed by atoms with Crippen molar-refractivity contribution in [3.05, 3.63) is 76.5 Å². The highest BCUT2D eigenvalue weighted by Crippen LogP contribution is 2.54. The fourth-order valence-corrected chi connectivity index (χ4v) is 6.00. The average Bonchev–Trinajstić information content (AvgIpc) is 3.63. The highest BCUT2D eigenvalue weighted by Gasteiger charge is 2.58. The molecule has 3 aromatic rings. The topological polar surface area (TPSA) is 86.1 Å². The van der Waals surface area contributed by atoms with Gasteiger partial charge in [0.2, 0.25) is 5.89 Å². The van der Waals surface area contributed by atoms with Crippen LogP contribution in [-0.4, -0.2) is 42.7 Å². The Morgan fingerprint density at radius 1 is 1.14 bits per heavy atom. The number of ether oxygens (including phenoxy) is 3. The van der Waals surface area contributed by atoms with Crippen LogP contribution in [0.1, 0.15) is 61.6 Å². The molecule has 194 valence electrons. The molecule has 37 heavy (non-hydrogen) atoms. The van der Waals surface area contributed by atoms with Crippen molar-refractivity contribution in [2.45, 2.75) is 44.6 Å². The van der Waals surface area contributed by atoms with E-state index in [1.54, 1.807) is 25.6 Å². The number of benzene rings is 2. The summed E-state index contributed by atoms with van der Waals surface area (Å²) in [7, 11) is 1.61. The van der Waals surface area contributed by atoms with E-state index in [-0.39, 0.29) is 17.4 Å². The summed E-state index contributed by atoms with van der Waals surface area (Å²) in [6, 6.07) is 11.1. The minimum atomic E-state index is -1.23. The molecule has 3 aliphatic rings. The average molecular weight is 524 g/mol. The van der Waals surface area contributed by atoms with Crippen molar-refractivity contribution in [1.82, 2.24) is 9.88 Å². The zero-order valence-corrected chi connectivity index (χ0v) is 21.9. The first kappa shape index (κ1) is 24.4. The van der Waals surface area contributed by atoms with Crippen LogP contribution in [0, 0.1) is 5.41 Å². The largest absolute Gasteiger partial charge is 0.496 e. The van der Waals surface area contributed by atoms with Crippen molar-refractivity contribution in [2.75, 3.05) is 32.2 Å². The predicted octanol–water partition coefficient (Wildman–Crippen LogP) is 5.44. The number of fused-ring (bicyclic) bond motifs is 1. The number of nitrogens with zero attached hydrogens (tertiary/aromatic N) is 2. The van der Waals surface area contributed by atoms with Crippen LogP contribution in [0.25, 0.3) is 0 Å². The quantitative estimate of drug-likeness (QED) is 0.476. The summed E-state index contributed by atoms with van der Waals surface area (Å²) < 4.78 is 23.8. The summed E-state index contributed by atoms with van der Waals surface area (Å²) in [6.07, 6.45) is 4.34. The molecule has 2 unspecified atom stereocenters. The molecule has 0 radical (unpaired) electrons. The minimum Gasteiger partial charge on any atom is -0.496 e. The van der Waals surface area contributed by atoms with Crippen LogP contribution in [-0.2, 0) is 19.8 Å². The van der Waals surface area contributed by atoms with Gasteiger partial charge in [-0.25, -0.2) is 4.98 Å². The second-order valence-electron chi connectivity index (χ2n) is 10.7. The van der Waals surface area contributed by atoms with E-state index in [4.69, 9.17) is 30.2 Å². The maximum absolute atomic E-state index is 14.2. The summed E-state index contributed by atoms with van der Waals surface area (Å²) in [4.78, 5) is 20.9. The monoisotopic (exact) mass is 523 g/mol. The normalized spacial score (nSPS) is 25.7. The van der Waals surface area contributed by atoms with E-state index in [2.05, 4.69) is 29.0 Å². The molecule has 0 saturated carbocycles. The first-order chi connectivity index (χ1) is 17.8. The summed E-state index contributed by atoms with van der Waals surface area (Å²) in [5.74, 6) is 0.989. The molecule has 1 N–H and O–H groups in total. The summed E-state index contributed by atoms with van der Waals surface area (Å²) >= 11 is 6.52. The highest BCUT2D eigenvalue weighted by molar-refractivity contribution is 6.31. The van der Waals surface area contributed by atoms with Gasteiger partial charge in [0.15, 0.2) is 11.8 Å². The van der Waals surface area contributed by atoms with Crippen molar-refractivity contribution in [3.63, 3.8) is 0 Å². The number of anilines is 1. The zero-order chi connectivity index (χ0) is 25.8. The van der Waals surface area contributed by atoms with Gasteiger partial charge in [0, 0.05) is 39.4 Å². The van der Waals surface area contributed by atoms with E-state index < -0.39 is 11.8 Å². The molecular formula is C28H30ClN3O5. The summed E-state index contributed by atoms with van der Waals surface area (Å²) in [5, 5.41) is 3.65. The van der Waals surface area contributed by atoms with Crippen LogP contribution < -0.4 is 10.1 Å². The lowest BCUT2D eigenvalue weighted by molar-refractivity contribution is -0.226. The number of likely N-dealkylation sites (tertiary alicyclic amines) is 1. The zero-order valence-electron chi connectivity index (χ0n) is 21.1. The number of aromatic nitrogens is 1. The fraction of sp³-hybridized carbons (Fsp3) is 0.429. The number of hydrogen-bond acceptors (Lipinski definition) is 7. The van der Waals surface area contributed by atoms with Gasteiger partial charge in [0.05, 0.1) is 32.6 Å². The second kappa shape index (κ2) is 9.13. The van der Waals surface area contributed by atoms with Crippen LogP contribution in [0.4, 0.5) is 5.69 Å². The van der Waals surface area contributed by atoms with Crippen LogP contribution in [0.15, 0.2) is 53.3 Å². The molecule has 4 heterocycles. The van der Waals surface area contributed by atoms with Gasteiger partial charge < -0.3 is 23.9 Å². The van der Waals surface area contributed by atoms with E-state index >= 15 is 0 Å². The summed E-state index contributed by atoms with van der Waals surface area (Å²) in [6.45, 7) is 6.02. The molecule has 0 aliphatic carbocycles. The Labute approximate surface area is 220 Å². The van der Waals surface area contributed by atoms with E-state index in [0.29, 0.717) is 47.7 Å². The maximum atomic E-state index is 14.2. The molecule has 2 atom stereocenters. The third kappa shape index (κ3) is 3.94. The van der Waals surface area contributed by atoms with Gasteiger partial charge in [0.25, 0.3) is 5.91 Å². The molecule has 2 aromatic carbocycles. The molecule has 0 spiro atoms. The Hall–Kier alpha value is -2.91. The third-order valence-electron chi connectivity index (χ3n) is 7.50. The molecule has 2 fully saturated rings. The lowest BCUT2D eigenvalue weighted by Gasteiger charge is -2.41. The van der Waals surface area contributed by atoms with Gasteiger partial charge in [-0.1, -0.05) is 31.5 Å². The molecule has 3 aliphatic heterocycles. The number of methoxy groups -OCH3 is 1. The van der Waals surface area contributed by atoms with Gasteiger partial charge in [-0.15, -0.1) is 0 Å². The number of oxazole rings is 1. The van der Waals surface area contributed by atoms with E-state index in [9.17, 15) is 4.79 Å². The Balaban J connectivity index is 1.56. The molecule has 1 aromatic heterocycles. The molecule has 0 bridgehead atoms. The van der Waals surface area contributed by atoms with Crippen molar-refractivity contribution in [1.29, 1.82) is 0 Å². The first-order valence-electron chi connectivity index (χ1n) is 12.5. The van der Waals surface area contributed by atoms with E-state index in [0.717, 1.165) is 24.0 Å². The van der Waals surface area contributed by atoms with Gasteiger partial charge in [-0.3, -0.25) is 9.69 Å². The van der Waals surface area contributed by atoms with Gasteiger partial charge in [-0.2, -0.15) is 0 Å². The molecule has 9 heteroatoms. The third-order valence-corrected chi connectivity index (χ3v) is 7.74. The maximum Gasteiger partial charge on any atom is 0.254 e. The van der Waals surface area contributed by atoms with E-state index in [1.807, 2.05) is 30.3 Å². The van der Waals surface area contributed by atoms with Crippen molar-refractivity contribution in [3.8, 4) is 5.75 Å². The Morgan fingerprint density at radius 2 is 1.95 bits per heavy atom. The van der Waals surface area contributed by atoms with Crippen LogP contribution in [0.3, 0.4) is 0 Å². The van der Waals surface area contributed by atoms with Crippen LogP contribution in [0.2, 0.25) is 5.02 Å². The molecule has 2 saturated heterocycles. The lowest BCUT2D eigenvalue weighted by atomic mass is 9.80. The Bertz CT molecular complexity index is 1320. The van der Waals surface area contributed by atoms with Crippen molar-refractivity contribution >= 4 is 23.2 Å². The van der Waals surface area contributed by atoms with E-state index in [1.165, 1.54) is 0 Å². The second-order valence-corrected chi connectivity index (χ2v) is 11.1. The fourth-order valence-electron chi connectivity index (χ4n) is 5.83. The number of amides is 1. The first-order valence-corrected chi connectivity index (χ1v) is 12.9. The Kier molecular flexibility index (Phi) is 6.03. The lowest BCUT2D eigenvalue weighted by Crippen LogP contribution is -2.51. The molecule has 1 amide bonds. The molecule has 8 nitrogen and oxygen atoms in total. The number of halogens is 1. The molecule has 6 rings (SSSR count). The van der Waals surface area contributed by atoms with Gasteiger partial charge >= 0.3 is 0 Å². The highest BCUT2D eigenvalue weighted by atomic mass is 35.5. The number of carbonyl (C=O) groups is 1. The van der Waals surface area contributed by atoms with Crippen LogP contribution in [0.5, 0.6) is 5.75 Å². The smallest absolute Gasteiger partial charge is 0.254 e. The number of carbonyl (C=O) groups excluding carboxylic acids is 1. The number of hydrogen-bond donors (Lipinski definition) is 1. The Morgan fingerprint density at radius 3 is 2.68 bits per heavy atom.